The lowest BCUT2D eigenvalue weighted by Gasteiger charge is -2.18. The van der Waals surface area contributed by atoms with Gasteiger partial charge in [-0.25, -0.2) is 0 Å². The summed E-state index contributed by atoms with van der Waals surface area (Å²) in [5, 5.41) is 3.10. The van der Waals surface area contributed by atoms with Gasteiger partial charge in [-0.05, 0) is 57.0 Å². The van der Waals surface area contributed by atoms with Crippen molar-refractivity contribution in [1.82, 2.24) is 5.32 Å². The average molecular weight is 311 g/mol. The van der Waals surface area contributed by atoms with Crippen molar-refractivity contribution in [1.29, 1.82) is 0 Å². The molecule has 1 unspecified atom stereocenters. The van der Waals surface area contributed by atoms with Crippen molar-refractivity contribution < 1.29 is 9.53 Å². The lowest BCUT2D eigenvalue weighted by molar-refractivity contribution is 0.0935. The van der Waals surface area contributed by atoms with Gasteiger partial charge in [0, 0.05) is 5.56 Å². The number of carbonyl (C=O) groups excluding carboxylic acids is 1. The summed E-state index contributed by atoms with van der Waals surface area (Å²) in [6.45, 7) is 8.09. The number of ether oxygens (including phenoxy) is 1. The highest BCUT2D eigenvalue weighted by Gasteiger charge is 2.14. The Labute approximate surface area is 138 Å². The zero-order chi connectivity index (χ0) is 16.8. The van der Waals surface area contributed by atoms with Crippen molar-refractivity contribution in [2.45, 2.75) is 46.3 Å². The third-order valence-corrected chi connectivity index (χ3v) is 3.68. The van der Waals surface area contributed by atoms with E-state index in [0.717, 1.165) is 17.7 Å². The molecule has 2 rings (SSSR count). The molecule has 0 aliphatic rings. The molecule has 2 aromatic rings. The van der Waals surface area contributed by atoms with Crippen molar-refractivity contribution in [2.75, 3.05) is 0 Å². The number of aryl methyl sites for hydroxylation is 1. The van der Waals surface area contributed by atoms with Gasteiger partial charge in [-0.1, -0.05) is 36.8 Å². The zero-order valence-electron chi connectivity index (χ0n) is 14.3. The summed E-state index contributed by atoms with van der Waals surface area (Å²) in [6.07, 6.45) is 0.976. The Morgan fingerprint density at radius 1 is 1.04 bits per heavy atom. The molecule has 1 atom stereocenters. The Morgan fingerprint density at radius 3 is 2.17 bits per heavy atom. The third kappa shape index (κ3) is 4.85. The first-order valence-electron chi connectivity index (χ1n) is 8.13. The second-order valence-corrected chi connectivity index (χ2v) is 6.04. The maximum Gasteiger partial charge on any atom is 0.251 e. The van der Waals surface area contributed by atoms with E-state index in [9.17, 15) is 4.79 Å². The molecule has 1 N–H and O–H groups in total. The minimum absolute atomic E-state index is 0.0229. The van der Waals surface area contributed by atoms with Gasteiger partial charge in [0.1, 0.15) is 5.75 Å². The number of benzene rings is 2. The maximum atomic E-state index is 12.4. The number of hydrogen-bond donors (Lipinski definition) is 1. The monoisotopic (exact) mass is 311 g/mol. The number of nitrogens with one attached hydrogen (secondary N) is 1. The van der Waals surface area contributed by atoms with Gasteiger partial charge in [0.15, 0.2) is 0 Å². The molecule has 3 nitrogen and oxygen atoms in total. The van der Waals surface area contributed by atoms with Crippen LogP contribution in [-0.4, -0.2) is 12.0 Å². The molecular weight excluding hydrogens is 286 g/mol. The van der Waals surface area contributed by atoms with Gasteiger partial charge in [-0.15, -0.1) is 0 Å². The molecule has 122 valence electrons. The molecule has 0 radical (unpaired) electrons. The number of hydrogen-bond acceptors (Lipinski definition) is 2. The molecule has 23 heavy (non-hydrogen) atoms. The number of rotatable bonds is 6. The molecule has 1 amide bonds. The van der Waals surface area contributed by atoms with Crippen LogP contribution < -0.4 is 10.1 Å². The lowest BCUT2D eigenvalue weighted by Crippen LogP contribution is -2.28. The van der Waals surface area contributed by atoms with Crippen LogP contribution >= 0.6 is 0 Å². The fourth-order valence-corrected chi connectivity index (χ4v) is 2.42. The van der Waals surface area contributed by atoms with Gasteiger partial charge in [0.05, 0.1) is 12.1 Å². The summed E-state index contributed by atoms with van der Waals surface area (Å²) in [5.74, 6) is 0.718. The second-order valence-electron chi connectivity index (χ2n) is 6.04. The molecule has 2 aromatic carbocycles. The minimum atomic E-state index is -0.0616. The van der Waals surface area contributed by atoms with Crippen LogP contribution in [-0.2, 0) is 0 Å². The van der Waals surface area contributed by atoms with Crippen LogP contribution in [0.3, 0.4) is 0 Å². The topological polar surface area (TPSA) is 38.3 Å². The van der Waals surface area contributed by atoms with E-state index in [1.165, 1.54) is 5.56 Å². The van der Waals surface area contributed by atoms with Gasteiger partial charge in [0.25, 0.3) is 5.91 Å². The molecule has 0 fully saturated rings. The van der Waals surface area contributed by atoms with Crippen LogP contribution in [0.15, 0.2) is 48.5 Å². The first-order valence-corrected chi connectivity index (χ1v) is 8.13. The summed E-state index contributed by atoms with van der Waals surface area (Å²) in [5.41, 5.74) is 2.99. The molecule has 3 heteroatoms. The van der Waals surface area contributed by atoms with E-state index in [2.05, 4.69) is 43.4 Å². The van der Waals surface area contributed by atoms with Crippen LogP contribution in [0.4, 0.5) is 0 Å². The predicted octanol–water partition coefficient (Wildman–Crippen LogP) is 4.66. The molecular formula is C20H25NO2. The summed E-state index contributed by atoms with van der Waals surface area (Å²) in [6, 6.07) is 15.6. The summed E-state index contributed by atoms with van der Waals surface area (Å²) in [4.78, 5) is 12.4. The average Bonchev–Trinajstić information content (AvgIpc) is 2.53. The van der Waals surface area contributed by atoms with Crippen LogP contribution in [0, 0.1) is 6.92 Å². The fourth-order valence-electron chi connectivity index (χ4n) is 2.42. The lowest BCUT2D eigenvalue weighted by atomic mass is 10.0. The highest BCUT2D eigenvalue weighted by atomic mass is 16.5. The SMILES string of the molecule is CCC(NC(=O)c1ccc(OC(C)C)cc1)c1ccc(C)cc1. The normalized spacial score (nSPS) is 12.0. The van der Waals surface area contributed by atoms with Gasteiger partial charge in [-0.2, -0.15) is 0 Å². The summed E-state index contributed by atoms with van der Waals surface area (Å²) >= 11 is 0. The molecule has 0 saturated carbocycles. The van der Waals surface area contributed by atoms with E-state index in [4.69, 9.17) is 4.74 Å². The molecule has 0 spiro atoms. The Balaban J connectivity index is 2.05. The highest BCUT2D eigenvalue weighted by molar-refractivity contribution is 5.94. The first kappa shape index (κ1) is 17.1. The van der Waals surface area contributed by atoms with Crippen molar-refractivity contribution in [3.05, 3.63) is 65.2 Å². The Hall–Kier alpha value is -2.29. The van der Waals surface area contributed by atoms with E-state index in [0.29, 0.717) is 5.56 Å². The van der Waals surface area contributed by atoms with Gasteiger partial charge in [-0.3, -0.25) is 4.79 Å². The third-order valence-electron chi connectivity index (χ3n) is 3.68. The zero-order valence-corrected chi connectivity index (χ0v) is 14.3. The Kier molecular flexibility index (Phi) is 5.80. The summed E-state index contributed by atoms with van der Waals surface area (Å²) < 4.78 is 5.60. The van der Waals surface area contributed by atoms with Crippen LogP contribution in [0.5, 0.6) is 5.75 Å². The number of carbonyl (C=O) groups is 1. The Morgan fingerprint density at radius 2 is 1.65 bits per heavy atom. The molecule has 0 heterocycles. The molecule has 0 aliphatic carbocycles. The number of amides is 1. The van der Waals surface area contributed by atoms with E-state index in [-0.39, 0.29) is 18.1 Å². The second kappa shape index (κ2) is 7.82. The van der Waals surface area contributed by atoms with Crippen molar-refractivity contribution in [3.8, 4) is 5.75 Å². The van der Waals surface area contributed by atoms with E-state index >= 15 is 0 Å². The van der Waals surface area contributed by atoms with Crippen LogP contribution in [0.2, 0.25) is 0 Å². The van der Waals surface area contributed by atoms with Crippen molar-refractivity contribution in [3.63, 3.8) is 0 Å². The summed E-state index contributed by atoms with van der Waals surface area (Å²) in [7, 11) is 0. The maximum absolute atomic E-state index is 12.4. The van der Waals surface area contributed by atoms with E-state index in [1.807, 2.05) is 26.0 Å². The Bertz CT molecular complexity index is 630. The first-order chi connectivity index (χ1) is 11.0. The molecule has 0 aliphatic heterocycles. The van der Waals surface area contributed by atoms with Gasteiger partial charge >= 0.3 is 0 Å². The highest BCUT2D eigenvalue weighted by Crippen LogP contribution is 2.19. The van der Waals surface area contributed by atoms with Crippen LogP contribution in [0.1, 0.15) is 54.7 Å². The van der Waals surface area contributed by atoms with E-state index < -0.39 is 0 Å². The van der Waals surface area contributed by atoms with Crippen molar-refractivity contribution in [2.24, 2.45) is 0 Å². The molecule has 0 aromatic heterocycles. The quantitative estimate of drug-likeness (QED) is 0.842. The smallest absolute Gasteiger partial charge is 0.251 e. The van der Waals surface area contributed by atoms with Gasteiger partial charge < -0.3 is 10.1 Å². The largest absolute Gasteiger partial charge is 0.491 e. The minimum Gasteiger partial charge on any atom is -0.491 e. The van der Waals surface area contributed by atoms with Gasteiger partial charge in [0.2, 0.25) is 0 Å². The predicted molar refractivity (Wildman–Crippen MR) is 93.9 cm³/mol. The molecule has 0 saturated heterocycles. The van der Waals surface area contributed by atoms with Crippen LogP contribution in [0.25, 0.3) is 0 Å². The fraction of sp³-hybridized carbons (Fsp3) is 0.350. The standard InChI is InChI=1S/C20H25NO2/c1-5-19(16-8-6-15(4)7-9-16)21-20(22)17-10-12-18(13-11-17)23-14(2)3/h6-14,19H,5H2,1-4H3,(H,21,22). The van der Waals surface area contributed by atoms with Crippen molar-refractivity contribution >= 4 is 5.91 Å². The van der Waals surface area contributed by atoms with E-state index in [1.54, 1.807) is 12.1 Å². The molecule has 0 bridgehead atoms.